The molecule has 1 unspecified atom stereocenters. The lowest BCUT2D eigenvalue weighted by Crippen LogP contribution is -2.39. The molecule has 0 aliphatic carbocycles. The van der Waals surface area contributed by atoms with E-state index in [4.69, 9.17) is 4.42 Å². The highest BCUT2D eigenvalue weighted by atomic mass is 16.3. The largest absolute Gasteiger partial charge is 0.468 e. The Morgan fingerprint density at radius 2 is 2.16 bits per heavy atom. The van der Waals surface area contributed by atoms with Crippen molar-refractivity contribution in [3.05, 3.63) is 24.2 Å². The summed E-state index contributed by atoms with van der Waals surface area (Å²) < 4.78 is 5.59. The van der Waals surface area contributed by atoms with E-state index >= 15 is 0 Å². The van der Waals surface area contributed by atoms with Crippen LogP contribution in [0.3, 0.4) is 0 Å². The fourth-order valence-corrected chi connectivity index (χ4v) is 2.55. The van der Waals surface area contributed by atoms with Crippen molar-refractivity contribution in [3.8, 4) is 0 Å². The zero-order valence-corrected chi connectivity index (χ0v) is 12.1. The minimum atomic E-state index is -0.0707. The van der Waals surface area contributed by atoms with Gasteiger partial charge in [-0.3, -0.25) is 4.90 Å². The SMILES string of the molecule is CC(C)(CO)CNCC(c1ccco1)N1CCCC1. The molecule has 2 N–H and O–H groups in total. The summed E-state index contributed by atoms with van der Waals surface area (Å²) in [5.41, 5.74) is -0.0707. The Hall–Kier alpha value is -0.840. The van der Waals surface area contributed by atoms with E-state index in [2.05, 4.69) is 30.1 Å². The Morgan fingerprint density at radius 3 is 2.74 bits per heavy atom. The van der Waals surface area contributed by atoms with Crippen LogP contribution < -0.4 is 5.32 Å². The van der Waals surface area contributed by atoms with E-state index in [0.29, 0.717) is 6.04 Å². The summed E-state index contributed by atoms with van der Waals surface area (Å²) in [6, 6.07) is 4.32. The highest BCUT2D eigenvalue weighted by molar-refractivity contribution is 5.06. The van der Waals surface area contributed by atoms with Gasteiger partial charge in [0.15, 0.2) is 0 Å². The van der Waals surface area contributed by atoms with Gasteiger partial charge in [-0.1, -0.05) is 13.8 Å². The molecule has 1 fully saturated rings. The second kappa shape index (κ2) is 6.55. The van der Waals surface area contributed by atoms with Crippen molar-refractivity contribution >= 4 is 0 Å². The summed E-state index contributed by atoms with van der Waals surface area (Å²) in [6.45, 7) is 8.32. The van der Waals surface area contributed by atoms with Crippen LogP contribution in [0.4, 0.5) is 0 Å². The van der Waals surface area contributed by atoms with E-state index in [1.54, 1.807) is 6.26 Å². The molecule has 19 heavy (non-hydrogen) atoms. The van der Waals surface area contributed by atoms with Crippen molar-refractivity contribution in [3.63, 3.8) is 0 Å². The number of likely N-dealkylation sites (tertiary alicyclic amines) is 1. The molecule has 1 aromatic heterocycles. The highest BCUT2D eigenvalue weighted by Crippen LogP contribution is 2.25. The molecule has 4 heteroatoms. The average molecular weight is 266 g/mol. The Morgan fingerprint density at radius 1 is 1.42 bits per heavy atom. The lowest BCUT2D eigenvalue weighted by molar-refractivity contribution is 0.148. The van der Waals surface area contributed by atoms with Gasteiger partial charge in [-0.05, 0) is 38.1 Å². The molecule has 0 bridgehead atoms. The van der Waals surface area contributed by atoms with Crippen molar-refractivity contribution in [2.45, 2.75) is 32.7 Å². The van der Waals surface area contributed by atoms with Crippen LogP contribution in [-0.4, -0.2) is 42.8 Å². The molecule has 1 aliphatic rings. The molecule has 0 amide bonds. The third kappa shape index (κ3) is 4.06. The molecular weight excluding hydrogens is 240 g/mol. The molecular formula is C15H26N2O2. The summed E-state index contributed by atoms with van der Waals surface area (Å²) in [4.78, 5) is 2.48. The number of nitrogens with one attached hydrogen (secondary N) is 1. The standard InChI is InChI=1S/C15H26N2O2/c1-15(2,12-18)11-16-10-13(14-6-5-9-19-14)17-7-3-4-8-17/h5-6,9,13,16,18H,3-4,7-8,10-12H2,1-2H3. The molecule has 1 saturated heterocycles. The van der Waals surface area contributed by atoms with Gasteiger partial charge in [-0.25, -0.2) is 0 Å². The minimum absolute atomic E-state index is 0.0707. The monoisotopic (exact) mass is 266 g/mol. The number of nitrogens with zero attached hydrogens (tertiary/aromatic N) is 1. The normalized spacial score (nSPS) is 18.9. The van der Waals surface area contributed by atoms with Crippen LogP contribution in [0.1, 0.15) is 38.5 Å². The first-order chi connectivity index (χ1) is 9.12. The van der Waals surface area contributed by atoms with Crippen LogP contribution in [0.15, 0.2) is 22.8 Å². The number of furan rings is 1. The topological polar surface area (TPSA) is 48.6 Å². The van der Waals surface area contributed by atoms with Gasteiger partial charge in [0.05, 0.1) is 12.3 Å². The fraction of sp³-hybridized carbons (Fsp3) is 0.733. The maximum atomic E-state index is 9.29. The number of rotatable bonds is 7. The second-order valence-electron chi connectivity index (χ2n) is 6.23. The summed E-state index contributed by atoms with van der Waals surface area (Å²) in [6.07, 6.45) is 4.30. The molecule has 1 aromatic rings. The van der Waals surface area contributed by atoms with Crippen LogP contribution in [0.25, 0.3) is 0 Å². The van der Waals surface area contributed by atoms with E-state index in [9.17, 15) is 5.11 Å². The van der Waals surface area contributed by atoms with Gasteiger partial charge in [0.1, 0.15) is 5.76 Å². The van der Waals surface area contributed by atoms with Crippen molar-refractivity contribution in [1.82, 2.24) is 10.2 Å². The first kappa shape index (κ1) is 14.6. The predicted octanol–water partition coefficient (Wildman–Crippen LogP) is 2.02. The summed E-state index contributed by atoms with van der Waals surface area (Å²) in [5.74, 6) is 1.04. The summed E-state index contributed by atoms with van der Waals surface area (Å²) >= 11 is 0. The van der Waals surface area contributed by atoms with Gasteiger partial charge in [0.2, 0.25) is 0 Å². The Bertz CT molecular complexity index is 356. The van der Waals surface area contributed by atoms with E-state index in [1.165, 1.54) is 12.8 Å². The minimum Gasteiger partial charge on any atom is -0.468 e. The van der Waals surface area contributed by atoms with Gasteiger partial charge in [0, 0.05) is 25.1 Å². The van der Waals surface area contributed by atoms with Gasteiger partial charge in [-0.15, -0.1) is 0 Å². The summed E-state index contributed by atoms with van der Waals surface area (Å²) in [5, 5.41) is 12.8. The molecule has 2 rings (SSSR count). The smallest absolute Gasteiger partial charge is 0.122 e. The van der Waals surface area contributed by atoms with Gasteiger partial charge in [0.25, 0.3) is 0 Å². The predicted molar refractivity (Wildman–Crippen MR) is 76.0 cm³/mol. The van der Waals surface area contributed by atoms with Gasteiger partial charge >= 0.3 is 0 Å². The molecule has 4 nitrogen and oxygen atoms in total. The molecule has 0 radical (unpaired) electrons. The summed E-state index contributed by atoms with van der Waals surface area (Å²) in [7, 11) is 0. The zero-order chi connectivity index (χ0) is 13.7. The Labute approximate surface area is 115 Å². The lowest BCUT2D eigenvalue weighted by atomic mass is 9.95. The third-order valence-corrected chi connectivity index (χ3v) is 3.82. The molecule has 0 saturated carbocycles. The van der Waals surface area contributed by atoms with Crippen LogP contribution in [0, 0.1) is 5.41 Å². The molecule has 1 aliphatic heterocycles. The van der Waals surface area contributed by atoms with Crippen molar-refractivity contribution in [2.24, 2.45) is 5.41 Å². The van der Waals surface area contributed by atoms with Crippen LogP contribution in [0.5, 0.6) is 0 Å². The molecule has 0 spiro atoms. The molecule has 1 atom stereocenters. The highest BCUT2D eigenvalue weighted by Gasteiger charge is 2.26. The van der Waals surface area contributed by atoms with Crippen LogP contribution in [0.2, 0.25) is 0 Å². The number of hydrogen-bond acceptors (Lipinski definition) is 4. The van der Waals surface area contributed by atoms with Gasteiger partial charge in [-0.2, -0.15) is 0 Å². The third-order valence-electron chi connectivity index (χ3n) is 3.82. The van der Waals surface area contributed by atoms with E-state index in [-0.39, 0.29) is 12.0 Å². The first-order valence-corrected chi connectivity index (χ1v) is 7.21. The first-order valence-electron chi connectivity index (χ1n) is 7.21. The van der Waals surface area contributed by atoms with E-state index < -0.39 is 0 Å². The van der Waals surface area contributed by atoms with Crippen molar-refractivity contribution in [1.29, 1.82) is 0 Å². The Kier molecular flexibility index (Phi) is 5.02. The van der Waals surface area contributed by atoms with Crippen LogP contribution >= 0.6 is 0 Å². The van der Waals surface area contributed by atoms with Gasteiger partial charge < -0.3 is 14.8 Å². The van der Waals surface area contributed by atoms with Crippen molar-refractivity contribution in [2.75, 3.05) is 32.8 Å². The van der Waals surface area contributed by atoms with E-state index in [1.807, 2.05) is 6.07 Å². The molecule has 2 heterocycles. The number of aliphatic hydroxyl groups excluding tert-OH is 1. The average Bonchev–Trinajstić information content (AvgIpc) is 3.07. The quantitative estimate of drug-likeness (QED) is 0.793. The zero-order valence-electron chi connectivity index (χ0n) is 12.1. The molecule has 0 aromatic carbocycles. The van der Waals surface area contributed by atoms with Crippen LogP contribution in [-0.2, 0) is 0 Å². The number of aliphatic hydroxyl groups is 1. The van der Waals surface area contributed by atoms with E-state index in [0.717, 1.165) is 31.9 Å². The maximum Gasteiger partial charge on any atom is 0.122 e. The fourth-order valence-electron chi connectivity index (χ4n) is 2.55. The Balaban J connectivity index is 1.91. The van der Waals surface area contributed by atoms with Crippen molar-refractivity contribution < 1.29 is 9.52 Å². The molecule has 108 valence electrons. The second-order valence-corrected chi connectivity index (χ2v) is 6.23. The maximum absolute atomic E-state index is 9.29. The number of hydrogen-bond donors (Lipinski definition) is 2. The lowest BCUT2D eigenvalue weighted by Gasteiger charge is -2.28.